The molecule has 0 unspecified atom stereocenters. The highest BCUT2D eigenvalue weighted by molar-refractivity contribution is 7.12. The molecule has 84 valence electrons. The van der Waals surface area contributed by atoms with Gasteiger partial charge in [0.05, 0.1) is 0 Å². The first-order valence-corrected chi connectivity index (χ1v) is 6.26. The second-order valence-corrected chi connectivity index (χ2v) is 5.51. The SMILES string of the molecule is Cc1cc(CNc2ccnc(Cl)c2)c(C)s1. The molecule has 2 heterocycles. The van der Waals surface area contributed by atoms with Crippen molar-refractivity contribution >= 4 is 28.6 Å². The summed E-state index contributed by atoms with van der Waals surface area (Å²) in [6, 6.07) is 5.96. The number of aryl methyl sites for hydroxylation is 2. The van der Waals surface area contributed by atoms with E-state index in [-0.39, 0.29) is 0 Å². The Bertz CT molecular complexity index is 494. The number of nitrogens with one attached hydrogen (secondary N) is 1. The van der Waals surface area contributed by atoms with Crippen LogP contribution in [0.1, 0.15) is 15.3 Å². The Morgan fingerprint density at radius 1 is 1.38 bits per heavy atom. The summed E-state index contributed by atoms with van der Waals surface area (Å²) >= 11 is 7.64. The lowest BCUT2D eigenvalue weighted by Gasteiger charge is -2.05. The molecule has 0 amide bonds. The number of rotatable bonds is 3. The summed E-state index contributed by atoms with van der Waals surface area (Å²) in [5.41, 5.74) is 2.35. The van der Waals surface area contributed by atoms with Gasteiger partial charge in [0.1, 0.15) is 5.15 Å². The molecule has 16 heavy (non-hydrogen) atoms. The molecule has 0 bridgehead atoms. The maximum Gasteiger partial charge on any atom is 0.131 e. The van der Waals surface area contributed by atoms with Gasteiger partial charge in [-0.1, -0.05) is 11.6 Å². The van der Waals surface area contributed by atoms with E-state index in [2.05, 4.69) is 30.2 Å². The van der Waals surface area contributed by atoms with E-state index in [1.54, 1.807) is 6.20 Å². The van der Waals surface area contributed by atoms with Crippen LogP contribution in [0.25, 0.3) is 0 Å². The zero-order chi connectivity index (χ0) is 11.5. The molecule has 0 aliphatic carbocycles. The van der Waals surface area contributed by atoms with Crippen molar-refractivity contribution in [2.45, 2.75) is 20.4 Å². The van der Waals surface area contributed by atoms with Gasteiger partial charge in [-0.15, -0.1) is 11.3 Å². The van der Waals surface area contributed by atoms with Crippen LogP contribution in [-0.4, -0.2) is 4.98 Å². The molecule has 0 aromatic carbocycles. The first-order valence-electron chi connectivity index (χ1n) is 5.06. The minimum atomic E-state index is 0.517. The highest BCUT2D eigenvalue weighted by Gasteiger charge is 2.02. The minimum absolute atomic E-state index is 0.517. The molecule has 0 aliphatic heterocycles. The standard InChI is InChI=1S/C12H13ClN2S/c1-8-5-10(9(2)16-8)7-15-11-3-4-14-12(13)6-11/h3-6H,7H2,1-2H3,(H,14,15). The quantitative estimate of drug-likeness (QED) is 0.835. The minimum Gasteiger partial charge on any atom is -0.381 e. The molecule has 4 heteroatoms. The third-order valence-corrected chi connectivity index (χ3v) is 3.57. The van der Waals surface area contributed by atoms with Crippen LogP contribution in [0.15, 0.2) is 24.4 Å². The molecule has 0 aliphatic rings. The Labute approximate surface area is 104 Å². The number of halogens is 1. The van der Waals surface area contributed by atoms with E-state index in [0.717, 1.165) is 12.2 Å². The van der Waals surface area contributed by atoms with E-state index in [0.29, 0.717) is 5.15 Å². The third kappa shape index (κ3) is 2.74. The second kappa shape index (κ2) is 4.85. The lowest BCUT2D eigenvalue weighted by Crippen LogP contribution is -1.99. The number of hydrogen-bond acceptors (Lipinski definition) is 3. The number of aromatic nitrogens is 1. The number of pyridine rings is 1. The van der Waals surface area contributed by atoms with Crippen LogP contribution in [0.2, 0.25) is 5.15 Å². The number of nitrogens with zero attached hydrogens (tertiary/aromatic N) is 1. The molecule has 0 spiro atoms. The summed E-state index contributed by atoms with van der Waals surface area (Å²) in [5, 5.41) is 3.86. The fraction of sp³-hybridized carbons (Fsp3) is 0.250. The fourth-order valence-electron chi connectivity index (χ4n) is 1.57. The van der Waals surface area contributed by atoms with Gasteiger partial charge in [-0.05, 0) is 37.6 Å². The highest BCUT2D eigenvalue weighted by atomic mass is 35.5. The molecule has 0 saturated carbocycles. The largest absolute Gasteiger partial charge is 0.381 e. The zero-order valence-electron chi connectivity index (χ0n) is 9.25. The summed E-state index contributed by atoms with van der Waals surface area (Å²) in [4.78, 5) is 6.66. The maximum absolute atomic E-state index is 5.81. The Morgan fingerprint density at radius 3 is 2.81 bits per heavy atom. The Balaban J connectivity index is 2.05. The van der Waals surface area contributed by atoms with Crippen molar-refractivity contribution in [1.29, 1.82) is 0 Å². The molecule has 0 atom stereocenters. The molecule has 0 saturated heterocycles. The van der Waals surface area contributed by atoms with Gasteiger partial charge in [-0.25, -0.2) is 4.98 Å². The van der Waals surface area contributed by atoms with Crippen molar-refractivity contribution in [3.8, 4) is 0 Å². The van der Waals surface area contributed by atoms with Crippen LogP contribution in [-0.2, 0) is 6.54 Å². The van der Waals surface area contributed by atoms with Crippen LogP contribution in [0.4, 0.5) is 5.69 Å². The molecule has 2 rings (SSSR count). The van der Waals surface area contributed by atoms with E-state index in [4.69, 9.17) is 11.6 Å². The normalized spacial score (nSPS) is 10.4. The van der Waals surface area contributed by atoms with E-state index < -0.39 is 0 Å². The number of anilines is 1. The lowest BCUT2D eigenvalue weighted by molar-refractivity contribution is 1.13. The van der Waals surface area contributed by atoms with Gasteiger partial charge >= 0.3 is 0 Å². The fourth-order valence-corrected chi connectivity index (χ4v) is 2.69. The van der Waals surface area contributed by atoms with E-state index in [9.17, 15) is 0 Å². The molecule has 0 radical (unpaired) electrons. The van der Waals surface area contributed by atoms with E-state index in [1.807, 2.05) is 23.5 Å². The summed E-state index contributed by atoms with van der Waals surface area (Å²) < 4.78 is 0. The summed E-state index contributed by atoms with van der Waals surface area (Å²) in [5.74, 6) is 0. The van der Waals surface area contributed by atoms with Gasteiger partial charge in [-0.2, -0.15) is 0 Å². The monoisotopic (exact) mass is 252 g/mol. The first-order chi connectivity index (χ1) is 7.65. The van der Waals surface area contributed by atoms with E-state index >= 15 is 0 Å². The first kappa shape index (κ1) is 11.4. The van der Waals surface area contributed by atoms with Crippen molar-refractivity contribution in [1.82, 2.24) is 4.98 Å². The molecular weight excluding hydrogens is 240 g/mol. The average Bonchev–Trinajstić information content (AvgIpc) is 2.54. The summed E-state index contributed by atoms with van der Waals surface area (Å²) in [7, 11) is 0. The van der Waals surface area contributed by atoms with Gasteiger partial charge in [0.25, 0.3) is 0 Å². The molecule has 2 aromatic heterocycles. The van der Waals surface area contributed by atoms with Crippen molar-refractivity contribution in [3.05, 3.63) is 44.9 Å². The molecule has 1 N–H and O–H groups in total. The zero-order valence-corrected chi connectivity index (χ0v) is 10.8. The molecule has 2 aromatic rings. The summed E-state index contributed by atoms with van der Waals surface area (Å²) in [6.45, 7) is 5.11. The lowest BCUT2D eigenvalue weighted by atomic mass is 10.2. The molecule has 0 fully saturated rings. The van der Waals surface area contributed by atoms with Crippen molar-refractivity contribution < 1.29 is 0 Å². The predicted octanol–water partition coefficient (Wildman–Crippen LogP) is 4.03. The van der Waals surface area contributed by atoms with Crippen LogP contribution in [0.5, 0.6) is 0 Å². The molecule has 2 nitrogen and oxygen atoms in total. The van der Waals surface area contributed by atoms with Gasteiger partial charge in [0.2, 0.25) is 0 Å². The average molecular weight is 253 g/mol. The van der Waals surface area contributed by atoms with Crippen LogP contribution in [0, 0.1) is 13.8 Å². The smallest absolute Gasteiger partial charge is 0.131 e. The van der Waals surface area contributed by atoms with Crippen molar-refractivity contribution in [2.24, 2.45) is 0 Å². The second-order valence-electron chi connectivity index (χ2n) is 3.66. The van der Waals surface area contributed by atoms with Gasteiger partial charge in [0, 0.05) is 28.2 Å². The molecular formula is C12H13ClN2S. The number of thiophene rings is 1. The number of hydrogen-bond donors (Lipinski definition) is 1. The van der Waals surface area contributed by atoms with Crippen LogP contribution >= 0.6 is 22.9 Å². The predicted molar refractivity (Wildman–Crippen MR) is 70.4 cm³/mol. The Hall–Kier alpha value is -1.06. The Kier molecular flexibility index (Phi) is 3.46. The topological polar surface area (TPSA) is 24.9 Å². The van der Waals surface area contributed by atoms with Crippen LogP contribution in [0.3, 0.4) is 0 Å². The van der Waals surface area contributed by atoms with E-state index in [1.165, 1.54) is 15.3 Å². The van der Waals surface area contributed by atoms with Gasteiger partial charge in [0.15, 0.2) is 0 Å². The summed E-state index contributed by atoms with van der Waals surface area (Å²) in [6.07, 6.45) is 1.70. The third-order valence-electron chi connectivity index (χ3n) is 2.35. The van der Waals surface area contributed by atoms with Gasteiger partial charge < -0.3 is 5.32 Å². The van der Waals surface area contributed by atoms with Gasteiger partial charge in [-0.3, -0.25) is 0 Å². The Morgan fingerprint density at radius 2 is 2.19 bits per heavy atom. The van der Waals surface area contributed by atoms with Crippen molar-refractivity contribution in [3.63, 3.8) is 0 Å². The highest BCUT2D eigenvalue weighted by Crippen LogP contribution is 2.22. The van der Waals surface area contributed by atoms with Crippen molar-refractivity contribution in [2.75, 3.05) is 5.32 Å². The maximum atomic E-state index is 5.81. The van der Waals surface area contributed by atoms with Crippen LogP contribution < -0.4 is 5.32 Å².